The van der Waals surface area contributed by atoms with E-state index in [1.807, 2.05) is 0 Å². The highest BCUT2D eigenvalue weighted by Crippen LogP contribution is 2.43. The molecule has 0 saturated heterocycles. The molecule has 0 unspecified atom stereocenters. The molecule has 0 saturated carbocycles. The van der Waals surface area contributed by atoms with E-state index in [1.165, 1.54) is 16.7 Å². The monoisotopic (exact) mass is 240 g/mol. The Kier molecular flexibility index (Phi) is 3.75. The summed E-state index contributed by atoms with van der Waals surface area (Å²) < 4.78 is 0. The predicted octanol–water partition coefficient (Wildman–Crippen LogP) is 5.47. The summed E-state index contributed by atoms with van der Waals surface area (Å²) >= 11 is 0. The molecule has 1 aromatic rings. The first-order chi connectivity index (χ1) is 8.52. The largest absolute Gasteiger partial charge is 0.0622 e. The van der Waals surface area contributed by atoms with Gasteiger partial charge >= 0.3 is 0 Å². The number of hydrogen-bond donors (Lipinski definition) is 0. The molecule has 1 aliphatic rings. The Hall–Kier alpha value is -1.30. The lowest BCUT2D eigenvalue weighted by Gasteiger charge is -2.15. The van der Waals surface area contributed by atoms with E-state index in [2.05, 4.69) is 65.0 Å². The second kappa shape index (κ2) is 5.14. The molecule has 0 bridgehead atoms. The van der Waals surface area contributed by atoms with E-state index in [1.54, 1.807) is 11.1 Å². The fourth-order valence-corrected chi connectivity index (χ4v) is 3.10. The first-order valence-corrected chi connectivity index (χ1v) is 7.00. The molecule has 0 heterocycles. The zero-order valence-corrected chi connectivity index (χ0v) is 12.2. The standard InChI is InChI=1S/C18H24/c1-12(2)16-11-17(14(5)18(16)13(3)4)15-9-7-6-8-10-15/h6-10,12-13H,11H2,1-5H3. The van der Waals surface area contributed by atoms with E-state index in [0.717, 1.165) is 6.42 Å². The molecule has 0 nitrogen and oxygen atoms in total. The summed E-state index contributed by atoms with van der Waals surface area (Å²) in [5.74, 6) is 1.28. The molecule has 18 heavy (non-hydrogen) atoms. The highest BCUT2D eigenvalue weighted by Gasteiger charge is 2.25. The summed E-state index contributed by atoms with van der Waals surface area (Å²) in [5.41, 5.74) is 7.68. The molecular formula is C18H24. The maximum absolute atomic E-state index is 2.32. The molecule has 0 N–H and O–H groups in total. The average Bonchev–Trinajstić information content (AvgIpc) is 2.68. The minimum absolute atomic E-state index is 0.628. The van der Waals surface area contributed by atoms with E-state index in [4.69, 9.17) is 0 Å². The van der Waals surface area contributed by atoms with Crippen molar-refractivity contribution in [3.63, 3.8) is 0 Å². The van der Waals surface area contributed by atoms with Gasteiger partial charge in [0.2, 0.25) is 0 Å². The molecule has 0 aromatic heterocycles. The quantitative estimate of drug-likeness (QED) is 0.657. The van der Waals surface area contributed by atoms with Crippen molar-refractivity contribution in [1.29, 1.82) is 0 Å². The maximum atomic E-state index is 2.32. The smallest absolute Gasteiger partial charge is 0.00498 e. The van der Waals surface area contributed by atoms with Gasteiger partial charge in [-0.05, 0) is 47.5 Å². The molecule has 0 fully saturated rings. The SMILES string of the molecule is CC1=C(c2ccccc2)CC(C(C)C)=C1C(C)C. The third kappa shape index (κ3) is 2.29. The van der Waals surface area contributed by atoms with Crippen LogP contribution in [0.25, 0.3) is 5.57 Å². The molecule has 0 amide bonds. The lowest BCUT2D eigenvalue weighted by Crippen LogP contribution is -2.01. The Morgan fingerprint density at radius 3 is 1.94 bits per heavy atom. The van der Waals surface area contributed by atoms with Crippen molar-refractivity contribution in [3.05, 3.63) is 52.6 Å². The Morgan fingerprint density at radius 2 is 1.50 bits per heavy atom. The first-order valence-electron chi connectivity index (χ1n) is 7.00. The van der Waals surface area contributed by atoms with Crippen LogP contribution in [0.4, 0.5) is 0 Å². The first kappa shape index (κ1) is 13.1. The average molecular weight is 240 g/mol. The fourth-order valence-electron chi connectivity index (χ4n) is 3.10. The fraction of sp³-hybridized carbons (Fsp3) is 0.444. The highest BCUT2D eigenvalue weighted by atomic mass is 14.3. The lowest BCUT2D eigenvalue weighted by molar-refractivity contribution is 0.698. The van der Waals surface area contributed by atoms with Crippen LogP contribution in [0.5, 0.6) is 0 Å². The van der Waals surface area contributed by atoms with Crippen LogP contribution < -0.4 is 0 Å². The van der Waals surface area contributed by atoms with Gasteiger partial charge in [0, 0.05) is 0 Å². The molecule has 0 aliphatic heterocycles. The van der Waals surface area contributed by atoms with Gasteiger partial charge < -0.3 is 0 Å². The topological polar surface area (TPSA) is 0 Å². The zero-order valence-electron chi connectivity index (χ0n) is 12.2. The van der Waals surface area contributed by atoms with Gasteiger partial charge in [-0.2, -0.15) is 0 Å². The van der Waals surface area contributed by atoms with Gasteiger partial charge in [0.25, 0.3) is 0 Å². The molecular weight excluding hydrogens is 216 g/mol. The molecule has 0 heteroatoms. The van der Waals surface area contributed by atoms with Crippen LogP contribution >= 0.6 is 0 Å². The Balaban J connectivity index is 2.45. The van der Waals surface area contributed by atoms with Crippen LogP contribution in [0.1, 0.15) is 46.6 Å². The summed E-state index contributed by atoms with van der Waals surface area (Å²) in [6, 6.07) is 10.8. The van der Waals surface area contributed by atoms with Crippen LogP contribution in [0.2, 0.25) is 0 Å². The van der Waals surface area contributed by atoms with Gasteiger partial charge in [0.05, 0.1) is 0 Å². The number of benzene rings is 1. The number of rotatable bonds is 3. The normalized spacial score (nSPS) is 16.4. The number of allylic oxidation sites excluding steroid dienone is 4. The van der Waals surface area contributed by atoms with Crippen LogP contribution in [-0.2, 0) is 0 Å². The van der Waals surface area contributed by atoms with E-state index in [9.17, 15) is 0 Å². The third-order valence-corrected chi connectivity index (χ3v) is 3.97. The summed E-state index contributed by atoms with van der Waals surface area (Å²) in [6.45, 7) is 11.6. The predicted molar refractivity (Wildman–Crippen MR) is 80.4 cm³/mol. The minimum atomic E-state index is 0.628. The maximum Gasteiger partial charge on any atom is -0.00498 e. The Bertz CT molecular complexity index is 484. The third-order valence-electron chi connectivity index (χ3n) is 3.97. The van der Waals surface area contributed by atoms with Gasteiger partial charge in [0.1, 0.15) is 0 Å². The van der Waals surface area contributed by atoms with E-state index in [-0.39, 0.29) is 0 Å². The van der Waals surface area contributed by atoms with E-state index in [0.29, 0.717) is 11.8 Å². The second-order valence-electron chi connectivity index (χ2n) is 5.89. The molecule has 96 valence electrons. The van der Waals surface area contributed by atoms with Gasteiger partial charge in [-0.15, -0.1) is 0 Å². The number of hydrogen-bond acceptors (Lipinski definition) is 0. The van der Waals surface area contributed by atoms with Crippen molar-refractivity contribution in [3.8, 4) is 0 Å². The molecule has 1 aromatic carbocycles. The van der Waals surface area contributed by atoms with Crippen LogP contribution in [0.3, 0.4) is 0 Å². The van der Waals surface area contributed by atoms with Gasteiger partial charge in [-0.25, -0.2) is 0 Å². The second-order valence-corrected chi connectivity index (χ2v) is 5.89. The van der Waals surface area contributed by atoms with Crippen LogP contribution in [0.15, 0.2) is 47.1 Å². The van der Waals surface area contributed by atoms with Crippen LogP contribution in [0, 0.1) is 11.8 Å². The minimum Gasteiger partial charge on any atom is -0.0622 e. The Morgan fingerprint density at radius 1 is 0.889 bits per heavy atom. The molecule has 0 atom stereocenters. The van der Waals surface area contributed by atoms with Gasteiger partial charge in [0.15, 0.2) is 0 Å². The summed E-state index contributed by atoms with van der Waals surface area (Å²) in [5, 5.41) is 0. The van der Waals surface area contributed by atoms with Crippen molar-refractivity contribution in [1.82, 2.24) is 0 Å². The van der Waals surface area contributed by atoms with E-state index < -0.39 is 0 Å². The highest BCUT2D eigenvalue weighted by molar-refractivity contribution is 5.78. The van der Waals surface area contributed by atoms with Crippen molar-refractivity contribution < 1.29 is 0 Å². The van der Waals surface area contributed by atoms with Crippen molar-refractivity contribution in [2.24, 2.45) is 11.8 Å². The van der Waals surface area contributed by atoms with Crippen molar-refractivity contribution in [2.75, 3.05) is 0 Å². The molecule has 0 spiro atoms. The summed E-state index contributed by atoms with van der Waals surface area (Å²) in [6.07, 6.45) is 1.14. The summed E-state index contributed by atoms with van der Waals surface area (Å²) in [7, 11) is 0. The van der Waals surface area contributed by atoms with Crippen molar-refractivity contribution in [2.45, 2.75) is 41.0 Å². The van der Waals surface area contributed by atoms with Gasteiger partial charge in [-0.3, -0.25) is 0 Å². The van der Waals surface area contributed by atoms with Crippen LogP contribution in [-0.4, -0.2) is 0 Å². The molecule has 2 rings (SSSR count). The van der Waals surface area contributed by atoms with E-state index >= 15 is 0 Å². The molecule has 0 radical (unpaired) electrons. The lowest BCUT2D eigenvalue weighted by atomic mass is 9.90. The summed E-state index contributed by atoms with van der Waals surface area (Å²) in [4.78, 5) is 0. The van der Waals surface area contributed by atoms with Gasteiger partial charge in [-0.1, -0.05) is 63.6 Å². The Labute approximate surface area is 111 Å². The molecule has 1 aliphatic carbocycles. The zero-order chi connectivity index (χ0) is 13.3. The van der Waals surface area contributed by atoms with Crippen molar-refractivity contribution >= 4 is 5.57 Å².